The largest absolute Gasteiger partial charge is 0.324 e. The number of nitro benzene ring substituents is 1. The van der Waals surface area contributed by atoms with Crippen molar-refractivity contribution >= 4 is 17.3 Å². The first-order chi connectivity index (χ1) is 11.5. The van der Waals surface area contributed by atoms with Gasteiger partial charge in [0.25, 0.3) is 11.2 Å². The SMILES string of the molecule is CC(C(=O)Nc1ccc([N+](=O)[O-])cc1)n1nc(C2CC2)ccc1=O. The first kappa shape index (κ1) is 15.9. The third kappa shape index (κ3) is 3.32. The van der Waals surface area contributed by atoms with E-state index in [1.165, 1.54) is 35.0 Å². The van der Waals surface area contributed by atoms with Crippen molar-refractivity contribution in [2.75, 3.05) is 5.32 Å². The smallest absolute Gasteiger partial charge is 0.269 e. The molecule has 8 heteroatoms. The van der Waals surface area contributed by atoms with Gasteiger partial charge in [-0.25, -0.2) is 4.68 Å². The summed E-state index contributed by atoms with van der Waals surface area (Å²) in [5.41, 5.74) is 0.843. The van der Waals surface area contributed by atoms with E-state index in [1.54, 1.807) is 13.0 Å². The molecule has 0 saturated heterocycles. The Morgan fingerprint density at radius 2 is 1.96 bits per heavy atom. The van der Waals surface area contributed by atoms with E-state index in [-0.39, 0.29) is 11.2 Å². The first-order valence-corrected chi connectivity index (χ1v) is 7.61. The van der Waals surface area contributed by atoms with E-state index in [0.717, 1.165) is 18.5 Å². The Morgan fingerprint density at radius 3 is 2.54 bits per heavy atom. The molecule has 3 rings (SSSR count). The second kappa shape index (κ2) is 6.23. The number of benzene rings is 1. The topological polar surface area (TPSA) is 107 Å². The number of non-ortho nitro benzene ring substituents is 1. The van der Waals surface area contributed by atoms with Crippen LogP contribution in [0.25, 0.3) is 0 Å². The van der Waals surface area contributed by atoms with Gasteiger partial charge in [0.05, 0.1) is 10.6 Å². The molecule has 1 atom stereocenters. The van der Waals surface area contributed by atoms with Crippen LogP contribution in [0, 0.1) is 10.1 Å². The van der Waals surface area contributed by atoms with Gasteiger partial charge in [0.2, 0.25) is 5.91 Å². The fraction of sp³-hybridized carbons (Fsp3) is 0.312. The lowest BCUT2D eigenvalue weighted by atomic mass is 10.2. The van der Waals surface area contributed by atoms with Gasteiger partial charge in [0.1, 0.15) is 6.04 Å². The van der Waals surface area contributed by atoms with Crippen LogP contribution in [0.1, 0.15) is 37.4 Å². The summed E-state index contributed by atoms with van der Waals surface area (Å²) >= 11 is 0. The summed E-state index contributed by atoms with van der Waals surface area (Å²) in [4.78, 5) is 34.4. The minimum Gasteiger partial charge on any atom is -0.324 e. The summed E-state index contributed by atoms with van der Waals surface area (Å²) in [5, 5.41) is 17.6. The third-order valence-electron chi connectivity index (χ3n) is 3.93. The monoisotopic (exact) mass is 328 g/mol. The molecular formula is C16H16N4O4. The van der Waals surface area contributed by atoms with Gasteiger partial charge in [-0.2, -0.15) is 5.10 Å². The number of carbonyl (C=O) groups is 1. The van der Waals surface area contributed by atoms with E-state index in [9.17, 15) is 19.7 Å². The molecular weight excluding hydrogens is 312 g/mol. The van der Waals surface area contributed by atoms with Crippen molar-refractivity contribution in [1.82, 2.24) is 9.78 Å². The zero-order valence-corrected chi connectivity index (χ0v) is 13.0. The molecule has 0 spiro atoms. The maximum atomic E-state index is 12.3. The summed E-state index contributed by atoms with van der Waals surface area (Å²) in [7, 11) is 0. The fourth-order valence-corrected chi connectivity index (χ4v) is 2.34. The molecule has 8 nitrogen and oxygen atoms in total. The number of amides is 1. The van der Waals surface area contributed by atoms with E-state index in [2.05, 4.69) is 10.4 Å². The molecule has 24 heavy (non-hydrogen) atoms. The number of hydrogen-bond acceptors (Lipinski definition) is 5. The molecule has 1 amide bonds. The van der Waals surface area contributed by atoms with Gasteiger partial charge in [-0.3, -0.25) is 19.7 Å². The number of hydrogen-bond donors (Lipinski definition) is 1. The Kier molecular flexibility index (Phi) is 4.11. The number of aromatic nitrogens is 2. The molecule has 1 heterocycles. The number of carbonyl (C=O) groups excluding carboxylic acids is 1. The van der Waals surface area contributed by atoms with Crippen molar-refractivity contribution in [3.8, 4) is 0 Å². The highest BCUT2D eigenvalue weighted by atomic mass is 16.6. The Hall–Kier alpha value is -3.03. The lowest BCUT2D eigenvalue weighted by Gasteiger charge is -2.14. The van der Waals surface area contributed by atoms with Gasteiger partial charge in [-0.1, -0.05) is 0 Å². The molecule has 1 aromatic heterocycles. The molecule has 1 saturated carbocycles. The highest BCUT2D eigenvalue weighted by Gasteiger charge is 2.27. The molecule has 1 aromatic carbocycles. The van der Waals surface area contributed by atoms with E-state index in [1.807, 2.05) is 0 Å². The minimum atomic E-state index is -0.786. The highest BCUT2D eigenvalue weighted by Crippen LogP contribution is 2.38. The van der Waals surface area contributed by atoms with Crippen molar-refractivity contribution in [2.24, 2.45) is 0 Å². The molecule has 124 valence electrons. The molecule has 0 radical (unpaired) electrons. The fourth-order valence-electron chi connectivity index (χ4n) is 2.34. The summed E-state index contributed by atoms with van der Waals surface area (Å²) in [6, 6.07) is 7.84. The second-order valence-electron chi connectivity index (χ2n) is 5.78. The minimum absolute atomic E-state index is 0.0592. The first-order valence-electron chi connectivity index (χ1n) is 7.61. The Balaban J connectivity index is 1.76. The van der Waals surface area contributed by atoms with E-state index in [0.29, 0.717) is 11.6 Å². The van der Waals surface area contributed by atoms with Crippen molar-refractivity contribution in [1.29, 1.82) is 0 Å². The van der Waals surface area contributed by atoms with Crippen LogP contribution in [0.2, 0.25) is 0 Å². The Bertz CT molecular complexity index is 840. The van der Waals surface area contributed by atoms with Gasteiger partial charge in [0.15, 0.2) is 0 Å². The highest BCUT2D eigenvalue weighted by molar-refractivity contribution is 5.93. The van der Waals surface area contributed by atoms with Crippen LogP contribution >= 0.6 is 0 Å². The van der Waals surface area contributed by atoms with Gasteiger partial charge in [-0.15, -0.1) is 0 Å². The maximum absolute atomic E-state index is 12.3. The maximum Gasteiger partial charge on any atom is 0.269 e. The second-order valence-corrected chi connectivity index (χ2v) is 5.78. The van der Waals surface area contributed by atoms with Crippen LogP contribution in [0.5, 0.6) is 0 Å². The predicted molar refractivity (Wildman–Crippen MR) is 86.9 cm³/mol. The number of rotatable bonds is 5. The Labute approximate surface area is 137 Å². The Morgan fingerprint density at radius 1 is 1.29 bits per heavy atom. The standard InChI is InChI=1S/C16H16N4O4/c1-10(19-15(21)9-8-14(18-19)11-2-3-11)16(22)17-12-4-6-13(7-5-12)20(23)24/h4-11H,2-3H2,1H3,(H,17,22). The van der Waals surface area contributed by atoms with Crippen molar-refractivity contribution < 1.29 is 9.72 Å². The van der Waals surface area contributed by atoms with Crippen LogP contribution < -0.4 is 10.9 Å². The summed E-state index contributed by atoms with van der Waals surface area (Å²) in [6.07, 6.45) is 2.10. The third-order valence-corrected chi connectivity index (χ3v) is 3.93. The number of anilines is 1. The average molecular weight is 328 g/mol. The quantitative estimate of drug-likeness (QED) is 0.669. The molecule has 1 N–H and O–H groups in total. The van der Waals surface area contributed by atoms with Crippen LogP contribution in [-0.2, 0) is 4.79 Å². The molecule has 1 aliphatic carbocycles. The number of nitrogens with one attached hydrogen (secondary N) is 1. The molecule has 1 unspecified atom stereocenters. The van der Waals surface area contributed by atoms with E-state index >= 15 is 0 Å². The van der Waals surface area contributed by atoms with Crippen molar-refractivity contribution in [2.45, 2.75) is 31.7 Å². The van der Waals surface area contributed by atoms with Gasteiger partial charge in [-0.05, 0) is 38.0 Å². The molecule has 1 fully saturated rings. The van der Waals surface area contributed by atoms with Crippen molar-refractivity contribution in [3.05, 3.63) is 62.6 Å². The van der Waals surface area contributed by atoms with Crippen LogP contribution in [0.3, 0.4) is 0 Å². The van der Waals surface area contributed by atoms with Gasteiger partial charge < -0.3 is 5.32 Å². The van der Waals surface area contributed by atoms with Crippen LogP contribution in [0.4, 0.5) is 11.4 Å². The van der Waals surface area contributed by atoms with Gasteiger partial charge >= 0.3 is 0 Å². The summed E-state index contributed by atoms with van der Waals surface area (Å²) in [5.74, 6) is -0.0341. The van der Waals surface area contributed by atoms with E-state index < -0.39 is 16.9 Å². The average Bonchev–Trinajstić information content (AvgIpc) is 3.40. The molecule has 0 aliphatic heterocycles. The normalized spacial score (nSPS) is 14.9. The zero-order chi connectivity index (χ0) is 17.3. The summed E-state index contributed by atoms with van der Waals surface area (Å²) < 4.78 is 1.17. The van der Waals surface area contributed by atoms with Crippen LogP contribution in [0.15, 0.2) is 41.2 Å². The zero-order valence-electron chi connectivity index (χ0n) is 13.0. The molecule has 1 aliphatic rings. The molecule has 2 aromatic rings. The number of nitrogens with zero attached hydrogens (tertiary/aromatic N) is 3. The van der Waals surface area contributed by atoms with Crippen molar-refractivity contribution in [3.63, 3.8) is 0 Å². The molecule has 0 bridgehead atoms. The van der Waals surface area contributed by atoms with Gasteiger partial charge in [0, 0.05) is 29.8 Å². The summed E-state index contributed by atoms with van der Waals surface area (Å²) in [6.45, 7) is 1.59. The number of nitro groups is 1. The predicted octanol–water partition coefficient (Wildman–Crippen LogP) is 2.23. The lowest BCUT2D eigenvalue weighted by Crippen LogP contribution is -2.33. The lowest BCUT2D eigenvalue weighted by molar-refractivity contribution is -0.384. The van der Waals surface area contributed by atoms with Crippen LogP contribution in [-0.4, -0.2) is 20.6 Å². The van der Waals surface area contributed by atoms with E-state index in [4.69, 9.17) is 0 Å².